The van der Waals surface area contributed by atoms with Crippen LogP contribution >= 0.6 is 0 Å². The summed E-state index contributed by atoms with van der Waals surface area (Å²) in [5.74, 6) is 0.809. The lowest BCUT2D eigenvalue weighted by Crippen LogP contribution is -2.47. The number of rotatable bonds is 5. The molecule has 1 amide bonds. The number of nitrogens with zero attached hydrogens (tertiary/aromatic N) is 6. The fourth-order valence-electron chi connectivity index (χ4n) is 4.52. The van der Waals surface area contributed by atoms with E-state index < -0.39 is 0 Å². The molecule has 3 aromatic heterocycles. The van der Waals surface area contributed by atoms with Crippen molar-refractivity contribution < 1.29 is 9.53 Å². The van der Waals surface area contributed by atoms with E-state index in [1.54, 1.807) is 30.9 Å². The van der Waals surface area contributed by atoms with Gasteiger partial charge in [-0.2, -0.15) is 0 Å². The maximum Gasteiger partial charge on any atom is 0.316 e. The van der Waals surface area contributed by atoms with Gasteiger partial charge in [0.25, 0.3) is 5.91 Å². The molecule has 31 heavy (non-hydrogen) atoms. The van der Waals surface area contributed by atoms with Crippen molar-refractivity contribution in [3.63, 3.8) is 0 Å². The Morgan fingerprint density at radius 3 is 2.61 bits per heavy atom. The number of amides is 1. The molecule has 3 unspecified atom stereocenters. The first-order chi connectivity index (χ1) is 15.1. The molecule has 0 spiro atoms. The summed E-state index contributed by atoms with van der Waals surface area (Å²) in [6.45, 7) is 4.65. The lowest BCUT2D eigenvalue weighted by Gasteiger charge is -2.33. The summed E-state index contributed by atoms with van der Waals surface area (Å²) < 4.78 is 6.10. The molecule has 8 heteroatoms. The van der Waals surface area contributed by atoms with Gasteiger partial charge in [0.15, 0.2) is 5.82 Å². The van der Waals surface area contributed by atoms with Gasteiger partial charge in [-0.15, -0.1) is 0 Å². The number of hydrogen-bond donors (Lipinski definition) is 0. The first kappa shape index (κ1) is 19.5. The van der Waals surface area contributed by atoms with Crippen LogP contribution in [0.5, 0.6) is 6.01 Å². The molecule has 5 rings (SSSR count). The van der Waals surface area contributed by atoms with Gasteiger partial charge in [0.05, 0.1) is 11.6 Å². The normalized spacial score (nSPS) is 22.0. The van der Waals surface area contributed by atoms with Crippen LogP contribution < -0.4 is 4.74 Å². The number of ether oxygens (including phenoxy) is 1. The van der Waals surface area contributed by atoms with Crippen molar-refractivity contribution >= 4 is 5.91 Å². The topological polar surface area (TPSA) is 94.0 Å². The van der Waals surface area contributed by atoms with Crippen molar-refractivity contribution in [3.8, 4) is 17.4 Å². The molecule has 0 N–H and O–H groups in total. The van der Waals surface area contributed by atoms with Crippen LogP contribution in [-0.4, -0.2) is 54.4 Å². The largest absolute Gasteiger partial charge is 0.458 e. The van der Waals surface area contributed by atoms with Crippen LogP contribution in [0.25, 0.3) is 11.4 Å². The molecule has 1 aliphatic carbocycles. The minimum absolute atomic E-state index is 0.0150. The highest BCUT2D eigenvalue weighted by Crippen LogP contribution is 2.40. The van der Waals surface area contributed by atoms with E-state index in [1.165, 1.54) is 0 Å². The zero-order valence-corrected chi connectivity index (χ0v) is 17.6. The zero-order chi connectivity index (χ0) is 21.4. The number of aromatic nitrogens is 5. The van der Waals surface area contributed by atoms with E-state index in [-0.39, 0.29) is 18.1 Å². The summed E-state index contributed by atoms with van der Waals surface area (Å²) in [6.07, 6.45) is 9.52. The number of carbonyl (C=O) groups excluding carboxylic acids is 1. The fraction of sp³-hybridized carbons (Fsp3) is 0.391. The van der Waals surface area contributed by atoms with Crippen LogP contribution in [0.4, 0.5) is 0 Å². The van der Waals surface area contributed by atoms with Crippen LogP contribution in [-0.2, 0) is 6.42 Å². The Morgan fingerprint density at radius 2 is 1.90 bits per heavy atom. The summed E-state index contributed by atoms with van der Waals surface area (Å²) in [4.78, 5) is 37.3. The molecule has 158 valence electrons. The van der Waals surface area contributed by atoms with Gasteiger partial charge in [-0.3, -0.25) is 4.79 Å². The summed E-state index contributed by atoms with van der Waals surface area (Å²) in [6, 6.07) is 5.86. The van der Waals surface area contributed by atoms with Crippen LogP contribution in [0.15, 0.2) is 43.0 Å². The first-order valence-electron chi connectivity index (χ1n) is 10.7. The number of hydrogen-bond acceptors (Lipinski definition) is 7. The molecule has 2 fully saturated rings. The van der Waals surface area contributed by atoms with Crippen LogP contribution in [0.3, 0.4) is 0 Å². The summed E-state index contributed by atoms with van der Waals surface area (Å²) in [5.41, 5.74) is 2.89. The average Bonchev–Trinajstić information content (AvgIpc) is 3.40. The van der Waals surface area contributed by atoms with Crippen molar-refractivity contribution in [3.05, 3.63) is 59.9 Å². The van der Waals surface area contributed by atoms with Crippen molar-refractivity contribution in [1.29, 1.82) is 0 Å². The van der Waals surface area contributed by atoms with Crippen LogP contribution in [0, 0.1) is 12.8 Å². The second-order valence-corrected chi connectivity index (χ2v) is 8.17. The highest BCUT2D eigenvalue weighted by Gasteiger charge is 2.49. The van der Waals surface area contributed by atoms with Crippen molar-refractivity contribution in [2.45, 2.75) is 45.3 Å². The minimum Gasteiger partial charge on any atom is -0.458 e. The average molecular weight is 416 g/mol. The van der Waals surface area contributed by atoms with E-state index in [2.05, 4.69) is 31.8 Å². The predicted molar refractivity (Wildman–Crippen MR) is 113 cm³/mol. The molecule has 3 atom stereocenters. The third-order valence-corrected chi connectivity index (χ3v) is 6.08. The standard InChI is InChI=1S/C23H24N6O2/c1-3-15-11-26-23(27-12-15)31-19-10-16-9-18(19)29(13-16)22(30)20-17(6-5-14(2)28-20)21-24-7-4-8-25-21/h4-8,11-12,16,18-19H,3,9-10,13H2,1-2H3. The molecule has 1 saturated heterocycles. The van der Waals surface area contributed by atoms with E-state index in [4.69, 9.17) is 4.74 Å². The van der Waals surface area contributed by atoms with Crippen molar-refractivity contribution in [1.82, 2.24) is 29.8 Å². The van der Waals surface area contributed by atoms with Gasteiger partial charge < -0.3 is 9.64 Å². The molecule has 0 radical (unpaired) electrons. The SMILES string of the molecule is CCc1cnc(OC2CC3CC2N(C(=O)c2nc(C)ccc2-c2ncccn2)C3)nc1. The summed E-state index contributed by atoms with van der Waals surface area (Å²) >= 11 is 0. The second kappa shape index (κ2) is 8.02. The predicted octanol–water partition coefficient (Wildman–Crippen LogP) is 2.88. The Hall–Kier alpha value is -3.42. The monoisotopic (exact) mass is 416 g/mol. The van der Waals surface area contributed by atoms with E-state index in [1.807, 2.05) is 24.0 Å². The molecule has 2 bridgehead atoms. The van der Waals surface area contributed by atoms with Gasteiger partial charge in [-0.1, -0.05) is 6.92 Å². The molecular weight excluding hydrogens is 392 g/mol. The molecule has 2 aliphatic rings. The maximum atomic E-state index is 13.6. The third kappa shape index (κ3) is 3.73. The quantitative estimate of drug-likeness (QED) is 0.631. The number of piperidine rings is 1. The number of fused-ring (bicyclic) bond motifs is 2. The molecule has 1 saturated carbocycles. The van der Waals surface area contributed by atoms with Gasteiger partial charge in [0.2, 0.25) is 0 Å². The Bertz CT molecular complexity index is 1090. The number of carbonyl (C=O) groups is 1. The van der Waals surface area contributed by atoms with Gasteiger partial charge in [0, 0.05) is 37.0 Å². The minimum atomic E-state index is -0.114. The molecule has 3 aromatic rings. The van der Waals surface area contributed by atoms with Crippen LogP contribution in [0.1, 0.15) is 41.5 Å². The lowest BCUT2D eigenvalue weighted by atomic mass is 10.1. The zero-order valence-electron chi connectivity index (χ0n) is 17.6. The first-order valence-corrected chi connectivity index (χ1v) is 10.7. The highest BCUT2D eigenvalue weighted by atomic mass is 16.5. The third-order valence-electron chi connectivity index (χ3n) is 6.08. The Labute approximate surface area is 180 Å². The van der Waals surface area contributed by atoms with Crippen molar-refractivity contribution in [2.24, 2.45) is 5.92 Å². The molecular formula is C23H24N6O2. The Morgan fingerprint density at radius 1 is 1.13 bits per heavy atom. The maximum absolute atomic E-state index is 13.6. The van der Waals surface area contributed by atoms with E-state index in [0.717, 1.165) is 30.5 Å². The van der Waals surface area contributed by atoms with E-state index >= 15 is 0 Å². The highest BCUT2D eigenvalue weighted by molar-refractivity contribution is 5.98. The second-order valence-electron chi connectivity index (χ2n) is 8.17. The fourth-order valence-corrected chi connectivity index (χ4v) is 4.52. The van der Waals surface area contributed by atoms with Gasteiger partial charge >= 0.3 is 6.01 Å². The summed E-state index contributed by atoms with van der Waals surface area (Å²) in [7, 11) is 0. The van der Waals surface area contributed by atoms with E-state index in [9.17, 15) is 4.79 Å². The van der Waals surface area contributed by atoms with Gasteiger partial charge in [0.1, 0.15) is 11.8 Å². The van der Waals surface area contributed by atoms with Gasteiger partial charge in [-0.05, 0) is 55.9 Å². The number of aryl methyl sites for hydroxylation is 2. The lowest BCUT2D eigenvalue weighted by molar-refractivity contribution is 0.0448. The smallest absolute Gasteiger partial charge is 0.316 e. The number of pyridine rings is 1. The summed E-state index contributed by atoms with van der Waals surface area (Å²) in [5, 5.41) is 0. The Kier molecular flexibility index (Phi) is 5.05. The number of likely N-dealkylation sites (tertiary alicyclic amines) is 1. The Balaban J connectivity index is 1.40. The molecule has 4 heterocycles. The van der Waals surface area contributed by atoms with Crippen molar-refractivity contribution in [2.75, 3.05) is 6.54 Å². The molecule has 1 aliphatic heterocycles. The van der Waals surface area contributed by atoms with Gasteiger partial charge in [-0.25, -0.2) is 24.9 Å². The molecule has 0 aromatic carbocycles. The van der Waals surface area contributed by atoms with E-state index in [0.29, 0.717) is 35.6 Å². The van der Waals surface area contributed by atoms with Crippen LogP contribution in [0.2, 0.25) is 0 Å². The molecule has 8 nitrogen and oxygen atoms in total.